The van der Waals surface area contributed by atoms with Gasteiger partial charge in [0.15, 0.2) is 0 Å². The Balaban J connectivity index is 1.55. The second-order valence-electron chi connectivity index (χ2n) is 6.66. The van der Waals surface area contributed by atoms with Gasteiger partial charge < -0.3 is 14.8 Å². The van der Waals surface area contributed by atoms with Gasteiger partial charge in [-0.1, -0.05) is 29.8 Å². The van der Waals surface area contributed by atoms with Crippen LogP contribution in [0, 0.1) is 6.92 Å². The molecule has 0 unspecified atom stereocenters. The number of carbonyl (C=O) groups is 3. The van der Waals surface area contributed by atoms with Crippen LogP contribution in [-0.4, -0.2) is 25.0 Å². The van der Waals surface area contributed by atoms with Gasteiger partial charge in [0.2, 0.25) is 0 Å². The molecule has 0 atom stereocenters. The van der Waals surface area contributed by atoms with E-state index in [0.717, 1.165) is 11.1 Å². The maximum Gasteiger partial charge on any atom is 0.338 e. The van der Waals surface area contributed by atoms with Crippen molar-refractivity contribution in [3.63, 3.8) is 0 Å². The normalized spacial score (nSPS) is 10.2. The number of nitrogens with one attached hydrogen (secondary N) is 1. The average Bonchev–Trinajstić information content (AvgIpc) is 2.78. The lowest BCUT2D eigenvalue weighted by Crippen LogP contribution is -2.12. The first kappa shape index (κ1) is 20.8. The van der Waals surface area contributed by atoms with E-state index >= 15 is 0 Å². The Kier molecular flexibility index (Phi) is 6.60. The molecule has 3 rings (SSSR count). The van der Waals surface area contributed by atoms with Crippen molar-refractivity contribution in [2.24, 2.45) is 0 Å². The monoisotopic (exact) mass is 403 g/mol. The number of aryl methyl sites for hydroxylation is 1. The molecule has 1 N–H and O–H groups in total. The summed E-state index contributed by atoms with van der Waals surface area (Å²) in [7, 11) is 1.32. The van der Waals surface area contributed by atoms with Crippen molar-refractivity contribution in [1.29, 1.82) is 0 Å². The van der Waals surface area contributed by atoms with Crippen LogP contribution in [0.2, 0.25) is 0 Å². The van der Waals surface area contributed by atoms with Gasteiger partial charge in [0.1, 0.15) is 6.61 Å². The predicted octanol–water partition coefficient (Wildman–Crippen LogP) is 4.39. The first-order valence-electron chi connectivity index (χ1n) is 9.29. The largest absolute Gasteiger partial charge is 0.465 e. The van der Waals surface area contributed by atoms with E-state index < -0.39 is 11.9 Å². The number of hydrogen-bond acceptors (Lipinski definition) is 5. The van der Waals surface area contributed by atoms with Crippen molar-refractivity contribution in [2.45, 2.75) is 13.5 Å². The topological polar surface area (TPSA) is 81.7 Å². The fourth-order valence-corrected chi connectivity index (χ4v) is 2.68. The Bertz CT molecular complexity index is 1040. The lowest BCUT2D eigenvalue weighted by atomic mass is 10.1. The molecule has 0 heterocycles. The molecule has 3 aromatic rings. The zero-order chi connectivity index (χ0) is 21.5. The van der Waals surface area contributed by atoms with Crippen LogP contribution < -0.4 is 5.32 Å². The van der Waals surface area contributed by atoms with Crippen LogP contribution in [0.5, 0.6) is 0 Å². The fraction of sp³-hybridized carbons (Fsp3) is 0.125. The van der Waals surface area contributed by atoms with Gasteiger partial charge in [0, 0.05) is 11.3 Å². The molecule has 3 aromatic carbocycles. The summed E-state index contributed by atoms with van der Waals surface area (Å²) in [6, 6.07) is 20.4. The standard InChI is InChI=1S/C24H21NO5/c1-16-3-7-18(8-4-16)22(26)25-21-13-11-20(12-14-21)24(28)30-15-17-5-9-19(10-6-17)23(27)29-2/h3-14H,15H2,1-2H3,(H,25,26). The molecule has 30 heavy (non-hydrogen) atoms. The Morgan fingerprint density at radius 3 is 1.87 bits per heavy atom. The number of amides is 1. The number of esters is 2. The van der Waals surface area contributed by atoms with E-state index in [2.05, 4.69) is 10.1 Å². The van der Waals surface area contributed by atoms with Crippen molar-refractivity contribution in [2.75, 3.05) is 12.4 Å². The number of benzene rings is 3. The van der Waals surface area contributed by atoms with Crippen LogP contribution in [0.15, 0.2) is 72.8 Å². The van der Waals surface area contributed by atoms with Gasteiger partial charge in [-0.05, 0) is 61.0 Å². The van der Waals surface area contributed by atoms with E-state index in [-0.39, 0.29) is 12.5 Å². The highest BCUT2D eigenvalue weighted by molar-refractivity contribution is 6.04. The predicted molar refractivity (Wildman–Crippen MR) is 112 cm³/mol. The molecule has 1 amide bonds. The molecule has 0 radical (unpaired) electrons. The summed E-state index contributed by atoms with van der Waals surface area (Å²) in [6.45, 7) is 2.03. The smallest absolute Gasteiger partial charge is 0.338 e. The number of methoxy groups -OCH3 is 1. The molecule has 6 nitrogen and oxygen atoms in total. The van der Waals surface area contributed by atoms with Crippen LogP contribution in [0.3, 0.4) is 0 Å². The Hall–Kier alpha value is -3.93. The lowest BCUT2D eigenvalue weighted by molar-refractivity contribution is 0.0471. The minimum atomic E-state index is -0.483. The Morgan fingerprint density at radius 1 is 0.733 bits per heavy atom. The zero-order valence-corrected chi connectivity index (χ0v) is 16.7. The van der Waals surface area contributed by atoms with E-state index in [1.165, 1.54) is 7.11 Å². The van der Waals surface area contributed by atoms with Crippen molar-refractivity contribution >= 4 is 23.5 Å². The maximum absolute atomic E-state index is 12.3. The first-order valence-corrected chi connectivity index (χ1v) is 9.29. The highest BCUT2D eigenvalue weighted by Crippen LogP contribution is 2.14. The third-order valence-corrected chi connectivity index (χ3v) is 4.44. The molecule has 0 aromatic heterocycles. The second-order valence-corrected chi connectivity index (χ2v) is 6.66. The molecule has 152 valence electrons. The number of anilines is 1. The van der Waals surface area contributed by atoms with Crippen molar-refractivity contribution in [3.8, 4) is 0 Å². The maximum atomic E-state index is 12.3. The SMILES string of the molecule is COC(=O)c1ccc(COC(=O)c2ccc(NC(=O)c3ccc(C)cc3)cc2)cc1. The van der Waals surface area contributed by atoms with Crippen LogP contribution in [0.25, 0.3) is 0 Å². The van der Waals surface area contributed by atoms with Crippen LogP contribution >= 0.6 is 0 Å². The third-order valence-electron chi connectivity index (χ3n) is 4.44. The molecule has 6 heteroatoms. The van der Waals surface area contributed by atoms with Gasteiger partial charge in [0.25, 0.3) is 5.91 Å². The summed E-state index contributed by atoms with van der Waals surface area (Å²) in [5, 5.41) is 2.79. The molecule has 0 aliphatic heterocycles. The van der Waals surface area contributed by atoms with Gasteiger partial charge in [-0.3, -0.25) is 4.79 Å². The molecule has 0 bridgehead atoms. The number of carbonyl (C=O) groups excluding carboxylic acids is 3. The molecule has 0 aliphatic carbocycles. The summed E-state index contributed by atoms with van der Waals surface area (Å²) in [6.07, 6.45) is 0. The van der Waals surface area contributed by atoms with E-state index in [1.54, 1.807) is 60.7 Å². The summed E-state index contributed by atoms with van der Waals surface area (Å²) in [5.41, 5.74) is 3.76. The van der Waals surface area contributed by atoms with E-state index in [1.807, 2.05) is 19.1 Å². The Labute approximate surface area is 174 Å². The summed E-state index contributed by atoms with van der Waals surface area (Å²) < 4.78 is 9.94. The highest BCUT2D eigenvalue weighted by Gasteiger charge is 2.10. The number of ether oxygens (including phenoxy) is 2. The summed E-state index contributed by atoms with van der Waals surface area (Å²) in [5.74, 6) is -1.13. The second kappa shape index (κ2) is 9.52. The van der Waals surface area contributed by atoms with Crippen molar-refractivity contribution in [1.82, 2.24) is 0 Å². The van der Waals surface area contributed by atoms with Gasteiger partial charge in [-0.25, -0.2) is 9.59 Å². The van der Waals surface area contributed by atoms with Gasteiger partial charge in [-0.2, -0.15) is 0 Å². The lowest BCUT2D eigenvalue weighted by Gasteiger charge is -2.08. The van der Waals surface area contributed by atoms with Crippen molar-refractivity contribution < 1.29 is 23.9 Å². The summed E-state index contributed by atoms with van der Waals surface area (Å²) in [4.78, 5) is 35.9. The van der Waals surface area contributed by atoms with Crippen molar-refractivity contribution in [3.05, 3.63) is 101 Å². The fourth-order valence-electron chi connectivity index (χ4n) is 2.68. The van der Waals surface area contributed by atoms with Crippen LogP contribution in [-0.2, 0) is 16.1 Å². The minimum Gasteiger partial charge on any atom is -0.465 e. The average molecular weight is 403 g/mol. The van der Waals surface area contributed by atoms with E-state index in [4.69, 9.17) is 4.74 Å². The zero-order valence-electron chi connectivity index (χ0n) is 16.7. The molecule has 0 saturated carbocycles. The van der Waals surface area contributed by atoms with E-state index in [9.17, 15) is 14.4 Å². The van der Waals surface area contributed by atoms with Gasteiger partial charge >= 0.3 is 11.9 Å². The summed E-state index contributed by atoms with van der Waals surface area (Å²) >= 11 is 0. The molecular weight excluding hydrogens is 382 g/mol. The first-order chi connectivity index (χ1) is 14.5. The highest BCUT2D eigenvalue weighted by atomic mass is 16.5. The third kappa shape index (κ3) is 5.32. The Morgan fingerprint density at radius 2 is 1.27 bits per heavy atom. The van der Waals surface area contributed by atoms with Gasteiger partial charge in [0.05, 0.1) is 18.2 Å². The molecular formula is C24H21NO5. The molecule has 0 fully saturated rings. The van der Waals surface area contributed by atoms with Crippen LogP contribution in [0.1, 0.15) is 42.2 Å². The van der Waals surface area contributed by atoms with Crippen LogP contribution in [0.4, 0.5) is 5.69 Å². The number of hydrogen-bond donors (Lipinski definition) is 1. The van der Waals surface area contributed by atoms with E-state index in [0.29, 0.717) is 22.4 Å². The minimum absolute atomic E-state index is 0.0756. The quantitative estimate of drug-likeness (QED) is 0.617. The van der Waals surface area contributed by atoms with Gasteiger partial charge in [-0.15, -0.1) is 0 Å². The molecule has 0 saturated heterocycles. The molecule has 0 spiro atoms. The number of rotatable bonds is 6. The molecule has 0 aliphatic rings.